The van der Waals surface area contributed by atoms with Gasteiger partial charge in [-0.1, -0.05) is 94.4 Å². The van der Waals surface area contributed by atoms with Crippen molar-refractivity contribution in [2.24, 2.45) is 0 Å². The molecular formula is C62H69NO15. The monoisotopic (exact) mass is 1070 g/mol. The number of amides is 1. The number of unbranched alkanes of at least 4 members (excludes halogenated alkanes) is 5. The number of nitrogens with one attached hydrogen (secondary N) is 1. The average Bonchev–Trinajstić information content (AvgIpc) is 3.46. The Morgan fingerprint density at radius 2 is 0.897 bits per heavy atom. The number of benzene rings is 4. The Labute approximate surface area is 458 Å². The lowest BCUT2D eigenvalue weighted by atomic mass is 9.78. The Kier molecular flexibility index (Phi) is 27.0. The first-order valence-corrected chi connectivity index (χ1v) is 25.7. The maximum atomic E-state index is 13.3. The molecule has 0 saturated carbocycles. The van der Waals surface area contributed by atoms with Gasteiger partial charge in [0.25, 0.3) is 0 Å². The van der Waals surface area contributed by atoms with E-state index >= 15 is 0 Å². The summed E-state index contributed by atoms with van der Waals surface area (Å²) in [5.74, 6) is 9.01. The van der Waals surface area contributed by atoms with Crippen molar-refractivity contribution < 1.29 is 71.3 Å². The van der Waals surface area contributed by atoms with Crippen molar-refractivity contribution in [1.29, 1.82) is 0 Å². The van der Waals surface area contributed by atoms with Gasteiger partial charge in [-0.05, 0) is 91.1 Å². The highest BCUT2D eigenvalue weighted by Crippen LogP contribution is 2.34. The second-order valence-corrected chi connectivity index (χ2v) is 18.1. The molecule has 1 amide bonds. The van der Waals surface area contributed by atoms with E-state index in [9.17, 15) is 24.0 Å². The highest BCUT2D eigenvalue weighted by Gasteiger charge is 2.26. The smallest absolute Gasteiger partial charge is 0.338 e. The molecule has 78 heavy (non-hydrogen) atoms. The van der Waals surface area contributed by atoms with Crippen LogP contribution in [0, 0.1) is 49.4 Å². The van der Waals surface area contributed by atoms with Crippen molar-refractivity contribution in [1.82, 2.24) is 5.32 Å². The van der Waals surface area contributed by atoms with Gasteiger partial charge in [0.05, 0.1) is 11.1 Å². The van der Waals surface area contributed by atoms with Crippen LogP contribution in [-0.2, 0) is 38.7 Å². The van der Waals surface area contributed by atoms with Gasteiger partial charge in [-0.2, -0.15) is 0 Å². The fourth-order valence-corrected chi connectivity index (χ4v) is 7.45. The van der Waals surface area contributed by atoms with Crippen LogP contribution in [0.5, 0.6) is 34.5 Å². The van der Waals surface area contributed by atoms with Crippen LogP contribution in [0.3, 0.4) is 0 Å². The lowest BCUT2D eigenvalue weighted by Crippen LogP contribution is -2.31. The van der Waals surface area contributed by atoms with Crippen LogP contribution in [0.15, 0.2) is 84.9 Å². The third kappa shape index (κ3) is 21.9. The third-order valence-corrected chi connectivity index (χ3v) is 11.7. The van der Waals surface area contributed by atoms with Gasteiger partial charge in [-0.25, -0.2) is 9.59 Å². The first kappa shape index (κ1) is 61.8. The Morgan fingerprint density at radius 3 is 1.28 bits per heavy atom. The molecule has 1 N–H and O–H groups in total. The molecule has 0 aliphatic carbocycles. The number of carbonyl (C=O) groups is 5. The van der Waals surface area contributed by atoms with E-state index in [1.54, 1.807) is 12.1 Å². The van der Waals surface area contributed by atoms with E-state index in [2.05, 4.69) is 49.8 Å². The van der Waals surface area contributed by atoms with Gasteiger partial charge in [-0.3, -0.25) is 14.4 Å². The minimum atomic E-state index is -0.973. The third-order valence-electron chi connectivity index (χ3n) is 11.7. The van der Waals surface area contributed by atoms with Gasteiger partial charge in [0.15, 0.2) is 35.2 Å². The molecular weight excluding hydrogens is 999 g/mol. The number of hydrogen-bond acceptors (Lipinski definition) is 15. The Hall–Kier alpha value is -8.73. The molecule has 0 heterocycles. The number of rotatable bonds is 35. The summed E-state index contributed by atoms with van der Waals surface area (Å²) >= 11 is 0. The summed E-state index contributed by atoms with van der Waals surface area (Å²) in [5.41, 5.74) is 1.70. The molecule has 0 radical (unpaired) electrons. The van der Waals surface area contributed by atoms with Crippen molar-refractivity contribution >= 4 is 29.8 Å². The molecule has 4 rings (SSSR count). The molecule has 2 atom stereocenters. The average molecular weight is 1070 g/mol. The Bertz CT molecular complexity index is 2740. The summed E-state index contributed by atoms with van der Waals surface area (Å²) in [6.45, 7) is 7.12. The minimum Gasteiger partial charge on any atom is -0.490 e. The molecule has 412 valence electrons. The number of esters is 4. The van der Waals surface area contributed by atoms with Gasteiger partial charge in [0.2, 0.25) is 5.91 Å². The first-order valence-electron chi connectivity index (χ1n) is 25.7. The van der Waals surface area contributed by atoms with Crippen LogP contribution in [0.25, 0.3) is 0 Å². The molecule has 16 nitrogen and oxygen atoms in total. The van der Waals surface area contributed by atoms with Gasteiger partial charge in [0, 0.05) is 31.7 Å². The largest absolute Gasteiger partial charge is 0.490 e. The molecule has 0 saturated heterocycles. The Balaban J connectivity index is 1.41. The van der Waals surface area contributed by atoms with E-state index < -0.39 is 41.5 Å². The highest BCUT2D eigenvalue weighted by molar-refractivity contribution is 5.91. The van der Waals surface area contributed by atoms with Gasteiger partial charge >= 0.3 is 23.9 Å². The number of terminal acetylenes is 4. The fraction of sp³-hybridized carbons (Fsp3) is 0.403. The number of carbonyl (C=O) groups excluding carboxylic acids is 5. The van der Waals surface area contributed by atoms with Gasteiger partial charge in [0.1, 0.15) is 64.4 Å². The summed E-state index contributed by atoms with van der Waals surface area (Å²) in [6, 6.07) is 23.8. The fourth-order valence-electron chi connectivity index (χ4n) is 7.45. The van der Waals surface area contributed by atoms with E-state index in [0.717, 1.165) is 30.4 Å². The first-order chi connectivity index (χ1) is 37.7. The zero-order chi connectivity index (χ0) is 56.5. The van der Waals surface area contributed by atoms with Crippen molar-refractivity contribution in [3.05, 3.63) is 107 Å². The second kappa shape index (κ2) is 34.0. The lowest BCUT2D eigenvalue weighted by molar-refractivity contribution is -0.154. The topological polar surface area (TPSA) is 190 Å². The standard InChI is InChI=1S/C62H69NO15/c1-9-14-15-17-20-58(65)77-52(43-75-60(67)46-22-32-54(69-35-10-2)56(39-46)71-37-12-4)41-73-50-28-24-48(25-29-50)62(7,8)49-26-30-51(31-27-49)74-42-53(78-59(66)21-18-16-19-34-63-45(6)64)44-76-61(68)47-23-33-55(70-36-11-3)57(40-47)72-38-13-5/h2-5,22-33,39-40,52-53H,9,14-21,34-38,41-44H2,1,6-8H3,(H,63,64). The van der Waals surface area contributed by atoms with E-state index in [1.165, 1.54) is 43.3 Å². The van der Waals surface area contributed by atoms with Crippen LogP contribution in [0.4, 0.5) is 0 Å². The normalized spacial score (nSPS) is 11.3. The molecule has 0 bridgehead atoms. The van der Waals surface area contributed by atoms with Gasteiger partial charge in [-0.15, -0.1) is 25.7 Å². The molecule has 0 spiro atoms. The highest BCUT2D eigenvalue weighted by atomic mass is 16.6. The van der Waals surface area contributed by atoms with Crippen molar-refractivity contribution in [3.63, 3.8) is 0 Å². The molecule has 16 heteroatoms. The molecule has 0 aliphatic heterocycles. The van der Waals surface area contributed by atoms with Crippen LogP contribution in [-0.4, -0.2) is 101 Å². The molecule has 2 unspecified atom stereocenters. The van der Waals surface area contributed by atoms with E-state index in [1.807, 2.05) is 36.4 Å². The Morgan fingerprint density at radius 1 is 0.500 bits per heavy atom. The van der Waals surface area contributed by atoms with Crippen LogP contribution in [0.1, 0.15) is 117 Å². The lowest BCUT2D eigenvalue weighted by Gasteiger charge is -2.27. The summed E-state index contributed by atoms with van der Waals surface area (Å²) in [6.07, 6.45) is 25.3. The SMILES string of the molecule is C#CCOc1ccc(C(=O)OCC(COc2ccc(C(C)(C)c3ccc(OCC(COC(=O)c4ccc(OCC#C)c(OCC#C)c4)OC(=O)CCCCCNC(C)=O)cc3)cc2)OC(=O)CCCCCC)cc1OCC#C. The van der Waals surface area contributed by atoms with Crippen LogP contribution >= 0.6 is 0 Å². The minimum absolute atomic E-state index is 0.0199. The van der Waals surface area contributed by atoms with E-state index in [4.69, 9.17) is 73.1 Å². The predicted molar refractivity (Wildman–Crippen MR) is 292 cm³/mol. The van der Waals surface area contributed by atoms with E-state index in [0.29, 0.717) is 55.2 Å². The second-order valence-electron chi connectivity index (χ2n) is 18.1. The molecule has 0 aliphatic rings. The zero-order valence-electron chi connectivity index (χ0n) is 44.9. The molecule has 0 aromatic heterocycles. The molecule has 4 aromatic rings. The summed E-state index contributed by atoms with van der Waals surface area (Å²) < 4.78 is 57.1. The number of ether oxygens (including phenoxy) is 10. The van der Waals surface area contributed by atoms with Crippen LogP contribution < -0.4 is 33.7 Å². The quantitative estimate of drug-likeness (QED) is 0.0199. The van der Waals surface area contributed by atoms with Crippen molar-refractivity contribution in [3.8, 4) is 83.9 Å². The zero-order valence-corrected chi connectivity index (χ0v) is 44.9. The molecule has 4 aromatic carbocycles. The maximum Gasteiger partial charge on any atom is 0.338 e. The summed E-state index contributed by atoms with van der Waals surface area (Å²) in [7, 11) is 0. The summed E-state index contributed by atoms with van der Waals surface area (Å²) in [5, 5.41) is 2.73. The summed E-state index contributed by atoms with van der Waals surface area (Å²) in [4.78, 5) is 63.6. The van der Waals surface area contributed by atoms with Crippen LogP contribution in [0.2, 0.25) is 0 Å². The predicted octanol–water partition coefficient (Wildman–Crippen LogP) is 9.02. The van der Waals surface area contributed by atoms with Crippen molar-refractivity contribution in [2.45, 2.75) is 103 Å². The van der Waals surface area contributed by atoms with Crippen molar-refractivity contribution in [2.75, 3.05) is 59.4 Å². The van der Waals surface area contributed by atoms with Gasteiger partial charge < -0.3 is 52.7 Å². The maximum absolute atomic E-state index is 13.3. The molecule has 0 fully saturated rings. The number of hydrogen-bond donors (Lipinski definition) is 1. The van der Waals surface area contributed by atoms with E-state index in [-0.39, 0.29) is 94.2 Å².